The van der Waals surface area contributed by atoms with Crippen molar-refractivity contribution in [3.63, 3.8) is 0 Å². The minimum atomic E-state index is 0.290. The van der Waals surface area contributed by atoms with Gasteiger partial charge in [0.1, 0.15) is 11.4 Å². The van der Waals surface area contributed by atoms with Crippen LogP contribution in [0.3, 0.4) is 0 Å². The number of hydrogen-bond acceptors (Lipinski definition) is 3. The number of halogens is 2. The average Bonchev–Trinajstić information content (AvgIpc) is 3.18. The van der Waals surface area contributed by atoms with Gasteiger partial charge in [0.05, 0.1) is 6.54 Å². The number of nitrogens with zero attached hydrogens (tertiary/aromatic N) is 3. The standard InChI is InChI=1S/C26H28Cl2N4/c27-22-7-4-8-23(28)21(22)16-32-30-24(25(31-32)20-5-2-1-3-6-20)15-29-26-12-17-9-18(13-26)11-19(10-17)14-26/h1-8,17-19,29H,9-16H2. The molecule has 0 amide bonds. The molecule has 7 rings (SSSR count). The first-order valence-electron chi connectivity index (χ1n) is 11.7. The Hall–Kier alpha value is -1.88. The van der Waals surface area contributed by atoms with Crippen LogP contribution < -0.4 is 5.32 Å². The first kappa shape index (κ1) is 20.7. The molecule has 4 aliphatic rings. The van der Waals surface area contributed by atoms with E-state index in [-0.39, 0.29) is 0 Å². The van der Waals surface area contributed by atoms with Crippen molar-refractivity contribution in [2.45, 2.75) is 57.2 Å². The lowest BCUT2D eigenvalue weighted by atomic mass is 9.53. The fourth-order valence-electron chi connectivity index (χ4n) is 6.82. The van der Waals surface area contributed by atoms with Gasteiger partial charge in [-0.2, -0.15) is 15.0 Å². The van der Waals surface area contributed by atoms with E-state index in [0.29, 0.717) is 22.1 Å². The molecular formula is C26H28Cl2N4. The molecule has 0 aliphatic heterocycles. The normalized spacial score (nSPS) is 28.4. The van der Waals surface area contributed by atoms with E-state index >= 15 is 0 Å². The fourth-order valence-corrected chi connectivity index (χ4v) is 7.33. The molecule has 4 nitrogen and oxygen atoms in total. The molecule has 4 saturated carbocycles. The van der Waals surface area contributed by atoms with E-state index in [0.717, 1.165) is 46.8 Å². The highest BCUT2D eigenvalue weighted by Crippen LogP contribution is 2.55. The maximum Gasteiger partial charge on any atom is 0.117 e. The van der Waals surface area contributed by atoms with Crippen LogP contribution >= 0.6 is 23.2 Å². The van der Waals surface area contributed by atoms with E-state index in [4.69, 9.17) is 33.4 Å². The van der Waals surface area contributed by atoms with Crippen molar-refractivity contribution in [2.75, 3.05) is 0 Å². The molecular weight excluding hydrogens is 439 g/mol. The van der Waals surface area contributed by atoms with Crippen molar-refractivity contribution >= 4 is 23.2 Å². The Morgan fingerprint density at radius 3 is 2.09 bits per heavy atom. The van der Waals surface area contributed by atoms with Crippen LogP contribution in [0.1, 0.15) is 49.8 Å². The summed E-state index contributed by atoms with van der Waals surface area (Å²) in [6.07, 6.45) is 8.32. The molecule has 166 valence electrons. The molecule has 1 heterocycles. The van der Waals surface area contributed by atoms with Crippen LogP contribution in [-0.4, -0.2) is 20.5 Å². The molecule has 0 saturated heterocycles. The van der Waals surface area contributed by atoms with E-state index in [1.807, 2.05) is 24.3 Å². The third kappa shape index (κ3) is 3.87. The average molecular weight is 467 g/mol. The highest BCUT2D eigenvalue weighted by molar-refractivity contribution is 6.35. The van der Waals surface area contributed by atoms with Gasteiger partial charge < -0.3 is 5.32 Å². The summed E-state index contributed by atoms with van der Waals surface area (Å²) >= 11 is 12.8. The third-order valence-corrected chi connectivity index (χ3v) is 8.51. The Morgan fingerprint density at radius 2 is 1.47 bits per heavy atom. The summed E-state index contributed by atoms with van der Waals surface area (Å²) in [7, 11) is 0. The zero-order chi connectivity index (χ0) is 21.7. The predicted octanol–water partition coefficient (Wildman–Crippen LogP) is 6.36. The molecule has 3 aromatic rings. The van der Waals surface area contributed by atoms with Crippen LogP contribution in [0.2, 0.25) is 10.0 Å². The number of rotatable bonds is 6. The zero-order valence-electron chi connectivity index (χ0n) is 18.1. The molecule has 0 unspecified atom stereocenters. The summed E-state index contributed by atoms with van der Waals surface area (Å²) in [6.45, 7) is 1.20. The summed E-state index contributed by atoms with van der Waals surface area (Å²) in [4.78, 5) is 1.74. The van der Waals surface area contributed by atoms with Crippen molar-refractivity contribution < 1.29 is 0 Å². The lowest BCUT2D eigenvalue weighted by Crippen LogP contribution is -2.58. The topological polar surface area (TPSA) is 42.7 Å². The Balaban J connectivity index is 1.29. The summed E-state index contributed by atoms with van der Waals surface area (Å²) in [5.41, 5.74) is 4.16. The summed E-state index contributed by atoms with van der Waals surface area (Å²) in [5.74, 6) is 2.75. The molecule has 0 radical (unpaired) electrons. The maximum absolute atomic E-state index is 6.41. The summed E-state index contributed by atoms with van der Waals surface area (Å²) in [6, 6.07) is 15.9. The van der Waals surface area contributed by atoms with Crippen molar-refractivity contribution in [3.8, 4) is 11.3 Å². The van der Waals surface area contributed by atoms with Crippen LogP contribution in [0.25, 0.3) is 11.3 Å². The monoisotopic (exact) mass is 466 g/mol. The van der Waals surface area contributed by atoms with Crippen molar-refractivity contribution in [3.05, 3.63) is 69.8 Å². The number of nitrogens with one attached hydrogen (secondary N) is 1. The largest absolute Gasteiger partial charge is 0.305 e. The minimum absolute atomic E-state index is 0.290. The summed E-state index contributed by atoms with van der Waals surface area (Å²) < 4.78 is 0. The van der Waals surface area contributed by atoms with Gasteiger partial charge in [0.25, 0.3) is 0 Å². The molecule has 6 heteroatoms. The van der Waals surface area contributed by atoms with Gasteiger partial charge >= 0.3 is 0 Å². The predicted molar refractivity (Wildman–Crippen MR) is 129 cm³/mol. The van der Waals surface area contributed by atoms with Crippen LogP contribution in [0.15, 0.2) is 48.5 Å². The SMILES string of the molecule is Clc1cccc(Cl)c1Cn1nc(CNC23CC4CC(CC(C4)C2)C3)c(-c2ccccc2)n1. The Morgan fingerprint density at radius 1 is 0.844 bits per heavy atom. The van der Waals surface area contributed by atoms with Gasteiger partial charge in [-0.25, -0.2) is 0 Å². The fraction of sp³-hybridized carbons (Fsp3) is 0.462. The van der Waals surface area contributed by atoms with E-state index in [1.54, 1.807) is 4.80 Å². The highest BCUT2D eigenvalue weighted by Gasteiger charge is 2.50. The Bertz CT molecular complexity index is 1070. The molecule has 1 aromatic heterocycles. The number of aromatic nitrogens is 3. The van der Waals surface area contributed by atoms with Crippen molar-refractivity contribution in [2.24, 2.45) is 17.8 Å². The van der Waals surface area contributed by atoms with E-state index < -0.39 is 0 Å². The zero-order valence-corrected chi connectivity index (χ0v) is 19.6. The highest BCUT2D eigenvalue weighted by atomic mass is 35.5. The molecule has 32 heavy (non-hydrogen) atoms. The van der Waals surface area contributed by atoms with Gasteiger partial charge in [0.15, 0.2) is 0 Å². The van der Waals surface area contributed by atoms with Crippen molar-refractivity contribution in [1.82, 2.24) is 20.3 Å². The Labute approximate surface area is 199 Å². The molecule has 4 fully saturated rings. The van der Waals surface area contributed by atoms with Crippen LogP contribution in [0, 0.1) is 17.8 Å². The molecule has 1 N–H and O–H groups in total. The van der Waals surface area contributed by atoms with Gasteiger partial charge in [-0.1, -0.05) is 59.6 Å². The van der Waals surface area contributed by atoms with E-state index in [2.05, 4.69) is 29.6 Å². The number of hydrogen-bond donors (Lipinski definition) is 1. The third-order valence-electron chi connectivity index (χ3n) is 7.80. The Kier molecular flexibility index (Phi) is 5.28. The molecule has 0 spiro atoms. The quantitative estimate of drug-likeness (QED) is 0.459. The van der Waals surface area contributed by atoms with E-state index in [9.17, 15) is 0 Å². The van der Waals surface area contributed by atoms with Gasteiger partial charge in [-0.3, -0.25) is 0 Å². The second-order valence-corrected chi connectivity index (χ2v) is 11.0. The molecule has 4 aliphatic carbocycles. The second-order valence-electron chi connectivity index (χ2n) is 10.1. The van der Waals surface area contributed by atoms with E-state index in [1.165, 1.54) is 38.5 Å². The maximum atomic E-state index is 6.41. The van der Waals surface area contributed by atoms with Gasteiger partial charge in [0, 0.05) is 33.3 Å². The first-order valence-corrected chi connectivity index (χ1v) is 12.5. The second kappa shape index (κ2) is 8.16. The van der Waals surface area contributed by atoms with Crippen LogP contribution in [0.4, 0.5) is 0 Å². The molecule has 2 aromatic carbocycles. The lowest BCUT2D eigenvalue weighted by Gasteiger charge is -2.57. The molecule has 0 atom stereocenters. The first-order chi connectivity index (χ1) is 15.6. The van der Waals surface area contributed by atoms with Crippen LogP contribution in [0.5, 0.6) is 0 Å². The van der Waals surface area contributed by atoms with Gasteiger partial charge in [0.2, 0.25) is 0 Å². The van der Waals surface area contributed by atoms with Gasteiger partial charge in [-0.05, 0) is 68.4 Å². The summed E-state index contributed by atoms with van der Waals surface area (Å²) in [5, 5.41) is 15.0. The lowest BCUT2D eigenvalue weighted by molar-refractivity contribution is -0.0207. The minimum Gasteiger partial charge on any atom is -0.305 e. The van der Waals surface area contributed by atoms with Crippen LogP contribution in [-0.2, 0) is 13.1 Å². The molecule has 4 bridgehead atoms. The van der Waals surface area contributed by atoms with Crippen molar-refractivity contribution in [1.29, 1.82) is 0 Å². The number of benzene rings is 2. The van der Waals surface area contributed by atoms with Gasteiger partial charge in [-0.15, -0.1) is 0 Å². The smallest absolute Gasteiger partial charge is 0.117 e.